The molecule has 0 N–H and O–H groups in total. The predicted octanol–water partition coefficient (Wildman–Crippen LogP) is 6.78. The number of halogens is 3. The van der Waals surface area contributed by atoms with Crippen molar-refractivity contribution in [3.63, 3.8) is 0 Å². The van der Waals surface area contributed by atoms with Crippen LogP contribution < -0.4 is 9.47 Å². The van der Waals surface area contributed by atoms with Crippen molar-refractivity contribution in [2.24, 2.45) is 0 Å². The molecule has 3 aromatic carbocycles. The third-order valence-corrected chi connectivity index (χ3v) is 4.65. The van der Waals surface area contributed by atoms with E-state index in [-0.39, 0.29) is 6.61 Å². The van der Waals surface area contributed by atoms with Crippen LogP contribution in [0.25, 0.3) is 11.6 Å². The fourth-order valence-electron chi connectivity index (χ4n) is 2.70. The van der Waals surface area contributed by atoms with Gasteiger partial charge in [-0.3, -0.25) is 0 Å². The molecule has 0 spiro atoms. The summed E-state index contributed by atoms with van der Waals surface area (Å²) in [6, 6.07) is 18.6. The van der Waals surface area contributed by atoms with Crippen LogP contribution in [0.2, 0.25) is 10.0 Å². The topological polar surface area (TPSA) is 42.2 Å². The zero-order valence-corrected chi connectivity index (χ0v) is 17.0. The Kier molecular flexibility index (Phi) is 6.77. The third-order valence-electron chi connectivity index (χ3n) is 4.12. The van der Waals surface area contributed by atoms with Crippen molar-refractivity contribution in [1.29, 1.82) is 5.26 Å². The van der Waals surface area contributed by atoms with E-state index in [1.165, 1.54) is 19.2 Å². The summed E-state index contributed by atoms with van der Waals surface area (Å²) < 4.78 is 24.7. The van der Waals surface area contributed by atoms with Crippen LogP contribution >= 0.6 is 23.2 Å². The second-order valence-electron chi connectivity index (χ2n) is 6.13. The maximum Gasteiger partial charge on any atom is 0.180 e. The summed E-state index contributed by atoms with van der Waals surface area (Å²) in [5.74, 6) is 0.407. The summed E-state index contributed by atoms with van der Waals surface area (Å²) in [6.07, 6.45) is 1.62. The van der Waals surface area contributed by atoms with Crippen LogP contribution in [0, 0.1) is 17.1 Å². The van der Waals surface area contributed by atoms with Crippen molar-refractivity contribution in [3.05, 3.63) is 93.2 Å². The first-order valence-electron chi connectivity index (χ1n) is 8.62. The zero-order chi connectivity index (χ0) is 20.8. The molecule has 0 unspecified atom stereocenters. The molecule has 0 aliphatic carbocycles. The highest BCUT2D eigenvalue weighted by Crippen LogP contribution is 2.38. The van der Waals surface area contributed by atoms with Gasteiger partial charge in [0.15, 0.2) is 11.5 Å². The molecule has 0 heterocycles. The molecule has 0 fully saturated rings. The lowest BCUT2D eigenvalue weighted by Gasteiger charge is -2.14. The number of allylic oxidation sites excluding steroid dienone is 1. The van der Waals surface area contributed by atoms with E-state index in [1.54, 1.807) is 42.5 Å². The molecule has 6 heteroatoms. The molecule has 3 aromatic rings. The lowest BCUT2D eigenvalue weighted by atomic mass is 10.0. The summed E-state index contributed by atoms with van der Waals surface area (Å²) in [6.45, 7) is 0.287. The van der Waals surface area contributed by atoms with Crippen molar-refractivity contribution in [3.8, 4) is 17.6 Å². The minimum absolute atomic E-state index is 0.287. The first-order valence-corrected chi connectivity index (χ1v) is 9.38. The Bertz CT molecular complexity index is 1090. The Labute approximate surface area is 178 Å². The van der Waals surface area contributed by atoms with Crippen LogP contribution in [0.5, 0.6) is 11.5 Å². The Hall–Kier alpha value is -3.00. The summed E-state index contributed by atoms with van der Waals surface area (Å²) in [5, 5.41) is 10.5. The van der Waals surface area contributed by atoms with Gasteiger partial charge in [0.25, 0.3) is 0 Å². The van der Waals surface area contributed by atoms with Gasteiger partial charge in [-0.25, -0.2) is 4.39 Å². The fraction of sp³-hybridized carbons (Fsp3) is 0.0870. The van der Waals surface area contributed by atoms with E-state index in [1.807, 2.05) is 12.1 Å². The lowest BCUT2D eigenvalue weighted by molar-refractivity contribution is 0.284. The number of nitriles is 1. The van der Waals surface area contributed by atoms with Crippen molar-refractivity contribution in [1.82, 2.24) is 0 Å². The molecule has 29 heavy (non-hydrogen) atoms. The van der Waals surface area contributed by atoms with Crippen molar-refractivity contribution < 1.29 is 13.9 Å². The SMILES string of the molecule is COc1cc(/C=C(/C#N)c2cccc(F)c2)cc(Cl)c1OCc1ccc(Cl)cc1. The van der Waals surface area contributed by atoms with Gasteiger partial charge in [-0.15, -0.1) is 0 Å². The molecule has 0 atom stereocenters. The van der Waals surface area contributed by atoms with Gasteiger partial charge in [-0.2, -0.15) is 5.26 Å². The van der Waals surface area contributed by atoms with Gasteiger partial charge in [-0.1, -0.05) is 47.5 Å². The Morgan fingerprint density at radius 2 is 1.86 bits per heavy atom. The second kappa shape index (κ2) is 9.47. The molecular weight excluding hydrogens is 412 g/mol. The number of methoxy groups -OCH3 is 1. The molecule has 3 rings (SSSR count). The summed E-state index contributed by atoms with van der Waals surface area (Å²) in [4.78, 5) is 0. The summed E-state index contributed by atoms with van der Waals surface area (Å²) in [7, 11) is 1.51. The van der Waals surface area contributed by atoms with Gasteiger partial charge in [0.1, 0.15) is 12.4 Å². The zero-order valence-electron chi connectivity index (χ0n) is 15.5. The molecule has 0 radical (unpaired) electrons. The number of nitrogens with zero attached hydrogens (tertiary/aromatic N) is 1. The molecule has 0 aromatic heterocycles. The van der Waals surface area contributed by atoms with Crippen LogP contribution in [-0.4, -0.2) is 7.11 Å². The molecule has 146 valence electrons. The van der Waals surface area contributed by atoms with Crippen LogP contribution in [0.4, 0.5) is 4.39 Å². The molecule has 0 aliphatic rings. The molecule has 3 nitrogen and oxygen atoms in total. The van der Waals surface area contributed by atoms with Crippen LogP contribution in [0.15, 0.2) is 60.7 Å². The van der Waals surface area contributed by atoms with E-state index >= 15 is 0 Å². The van der Waals surface area contributed by atoms with Gasteiger partial charge in [0.05, 0.1) is 23.8 Å². The van der Waals surface area contributed by atoms with Gasteiger partial charge in [0, 0.05) is 5.02 Å². The third kappa shape index (κ3) is 5.29. The van der Waals surface area contributed by atoms with Crippen molar-refractivity contribution in [2.45, 2.75) is 6.61 Å². The molecular formula is C23H16Cl2FNO2. The van der Waals surface area contributed by atoms with Gasteiger partial charge in [0.2, 0.25) is 0 Å². The molecule has 0 amide bonds. The van der Waals surface area contributed by atoms with Gasteiger partial charge < -0.3 is 9.47 Å². The Morgan fingerprint density at radius 1 is 1.10 bits per heavy atom. The van der Waals surface area contributed by atoms with Crippen LogP contribution in [0.3, 0.4) is 0 Å². The monoisotopic (exact) mass is 427 g/mol. The fourth-order valence-corrected chi connectivity index (χ4v) is 3.10. The number of rotatable bonds is 6. The van der Waals surface area contributed by atoms with E-state index in [2.05, 4.69) is 6.07 Å². The van der Waals surface area contributed by atoms with Crippen LogP contribution in [-0.2, 0) is 6.61 Å². The molecule has 0 aliphatic heterocycles. The summed E-state index contributed by atoms with van der Waals surface area (Å²) in [5.41, 5.74) is 2.34. The van der Waals surface area contributed by atoms with Crippen molar-refractivity contribution in [2.75, 3.05) is 7.11 Å². The highest BCUT2D eigenvalue weighted by Gasteiger charge is 2.13. The maximum atomic E-state index is 13.5. The number of benzene rings is 3. The standard InChI is InChI=1S/C23H16Cl2FNO2/c1-28-22-11-16(9-18(13-27)17-3-2-4-20(26)12-17)10-21(25)23(22)29-14-15-5-7-19(24)8-6-15/h2-12H,14H2,1H3/b18-9-. The first-order chi connectivity index (χ1) is 14.0. The van der Waals surface area contributed by atoms with Crippen LogP contribution in [0.1, 0.15) is 16.7 Å². The molecule has 0 saturated carbocycles. The first kappa shape index (κ1) is 20.7. The van der Waals surface area contributed by atoms with Gasteiger partial charge >= 0.3 is 0 Å². The number of hydrogen-bond acceptors (Lipinski definition) is 3. The summed E-state index contributed by atoms with van der Waals surface area (Å²) >= 11 is 12.3. The second-order valence-corrected chi connectivity index (χ2v) is 6.97. The maximum absolute atomic E-state index is 13.5. The van der Waals surface area contributed by atoms with Gasteiger partial charge in [-0.05, 0) is 59.2 Å². The van der Waals surface area contributed by atoms with E-state index < -0.39 is 5.82 Å². The number of hydrogen-bond donors (Lipinski definition) is 0. The van der Waals surface area contributed by atoms with E-state index in [0.717, 1.165) is 5.56 Å². The van der Waals surface area contributed by atoms with E-state index in [9.17, 15) is 9.65 Å². The lowest BCUT2D eigenvalue weighted by Crippen LogP contribution is -1.99. The normalized spacial score (nSPS) is 11.1. The predicted molar refractivity (Wildman–Crippen MR) is 114 cm³/mol. The van der Waals surface area contributed by atoms with E-state index in [4.69, 9.17) is 32.7 Å². The molecule has 0 bridgehead atoms. The van der Waals surface area contributed by atoms with E-state index in [0.29, 0.717) is 38.2 Å². The Balaban J connectivity index is 1.89. The average Bonchev–Trinajstić information content (AvgIpc) is 2.72. The largest absolute Gasteiger partial charge is 0.493 e. The number of ether oxygens (including phenoxy) is 2. The smallest absolute Gasteiger partial charge is 0.180 e. The highest BCUT2D eigenvalue weighted by atomic mass is 35.5. The Morgan fingerprint density at radius 3 is 2.52 bits per heavy atom. The minimum atomic E-state index is -0.412. The minimum Gasteiger partial charge on any atom is -0.493 e. The molecule has 0 saturated heterocycles. The van der Waals surface area contributed by atoms with Crippen molar-refractivity contribution >= 4 is 34.9 Å². The highest BCUT2D eigenvalue weighted by molar-refractivity contribution is 6.32. The average molecular weight is 428 g/mol. The quantitative estimate of drug-likeness (QED) is 0.321.